The highest BCUT2D eigenvalue weighted by atomic mass is 16.2. The lowest BCUT2D eigenvalue weighted by atomic mass is 10.0. The second kappa shape index (κ2) is 6.14. The van der Waals surface area contributed by atoms with Crippen LogP contribution < -0.4 is 5.32 Å². The highest BCUT2D eigenvalue weighted by molar-refractivity contribution is 5.97. The van der Waals surface area contributed by atoms with Crippen molar-refractivity contribution in [1.82, 2.24) is 15.5 Å². The largest absolute Gasteiger partial charge is 0.348 e. The van der Waals surface area contributed by atoms with Gasteiger partial charge in [0.05, 0.1) is 0 Å². The van der Waals surface area contributed by atoms with Crippen molar-refractivity contribution >= 4 is 11.7 Å². The summed E-state index contributed by atoms with van der Waals surface area (Å²) in [6.45, 7) is 3.63. The van der Waals surface area contributed by atoms with Gasteiger partial charge in [0.2, 0.25) is 0 Å². The van der Waals surface area contributed by atoms with Crippen LogP contribution in [-0.2, 0) is 0 Å². The Balaban J connectivity index is 1.91. The molecule has 0 radical (unpaired) electrons. The van der Waals surface area contributed by atoms with Gasteiger partial charge in [-0.3, -0.25) is 14.7 Å². The first-order chi connectivity index (χ1) is 9.56. The molecule has 0 saturated carbocycles. The first kappa shape index (κ1) is 14.0. The monoisotopic (exact) mass is 271 g/mol. The molecule has 2 aromatic rings. The Morgan fingerprint density at radius 1 is 1.30 bits per heavy atom. The molecule has 0 aliphatic rings. The van der Waals surface area contributed by atoms with E-state index in [-0.39, 0.29) is 24.2 Å². The number of H-pyrrole nitrogens is 1. The molecular formula is C15H17N3O2. The van der Waals surface area contributed by atoms with E-state index in [4.69, 9.17) is 0 Å². The molecule has 5 heteroatoms. The predicted molar refractivity (Wildman–Crippen MR) is 75.6 cm³/mol. The van der Waals surface area contributed by atoms with E-state index in [1.807, 2.05) is 25.1 Å². The summed E-state index contributed by atoms with van der Waals surface area (Å²) < 4.78 is 0. The van der Waals surface area contributed by atoms with Crippen LogP contribution >= 0.6 is 0 Å². The summed E-state index contributed by atoms with van der Waals surface area (Å²) in [4.78, 5) is 23.9. The second-order valence-corrected chi connectivity index (χ2v) is 4.80. The maximum atomic E-state index is 12.0. The quantitative estimate of drug-likeness (QED) is 0.818. The number of hydrogen-bond donors (Lipinski definition) is 2. The summed E-state index contributed by atoms with van der Waals surface area (Å²) in [5, 5.41) is 9.36. The van der Waals surface area contributed by atoms with Crippen LogP contribution in [0.3, 0.4) is 0 Å². The Labute approximate surface area is 117 Å². The van der Waals surface area contributed by atoms with E-state index in [0.29, 0.717) is 11.3 Å². The summed E-state index contributed by atoms with van der Waals surface area (Å²) >= 11 is 0. The molecule has 1 atom stereocenters. The average molecular weight is 271 g/mol. The second-order valence-electron chi connectivity index (χ2n) is 4.80. The van der Waals surface area contributed by atoms with Gasteiger partial charge in [-0.2, -0.15) is 5.10 Å². The molecular weight excluding hydrogens is 254 g/mol. The molecule has 1 aromatic heterocycles. The van der Waals surface area contributed by atoms with Crippen molar-refractivity contribution in [3.05, 3.63) is 53.3 Å². The van der Waals surface area contributed by atoms with Gasteiger partial charge >= 0.3 is 0 Å². The third kappa shape index (κ3) is 3.54. The zero-order chi connectivity index (χ0) is 14.5. The van der Waals surface area contributed by atoms with Crippen molar-refractivity contribution in [3.63, 3.8) is 0 Å². The normalized spacial score (nSPS) is 11.9. The van der Waals surface area contributed by atoms with Crippen LogP contribution in [0.5, 0.6) is 0 Å². The zero-order valence-corrected chi connectivity index (χ0v) is 11.5. The van der Waals surface area contributed by atoms with E-state index in [2.05, 4.69) is 15.5 Å². The minimum Gasteiger partial charge on any atom is -0.348 e. The van der Waals surface area contributed by atoms with Crippen LogP contribution in [0.15, 0.2) is 36.4 Å². The van der Waals surface area contributed by atoms with Crippen molar-refractivity contribution in [3.8, 4) is 0 Å². The molecule has 0 saturated heterocycles. The molecule has 1 amide bonds. The van der Waals surface area contributed by atoms with E-state index in [1.165, 1.54) is 0 Å². The molecule has 2 N–H and O–H groups in total. The number of aromatic nitrogens is 2. The standard InChI is InChI=1S/C15H17N3O2/c1-10(9-14(19)12-6-4-3-5-7-12)16-15(20)13-8-11(2)17-18-13/h3-8,10H,9H2,1-2H3,(H,16,20)(H,17,18). The van der Waals surface area contributed by atoms with Gasteiger partial charge in [-0.15, -0.1) is 0 Å². The Bertz CT molecular complexity index is 605. The van der Waals surface area contributed by atoms with Crippen molar-refractivity contribution in [2.45, 2.75) is 26.3 Å². The summed E-state index contributed by atoms with van der Waals surface area (Å²) in [7, 11) is 0. The molecule has 0 spiro atoms. The maximum absolute atomic E-state index is 12.0. The van der Waals surface area contributed by atoms with Crippen molar-refractivity contribution in [2.75, 3.05) is 0 Å². The highest BCUT2D eigenvalue weighted by Crippen LogP contribution is 2.06. The lowest BCUT2D eigenvalue weighted by Crippen LogP contribution is -2.34. The molecule has 20 heavy (non-hydrogen) atoms. The fourth-order valence-electron chi connectivity index (χ4n) is 1.90. The fraction of sp³-hybridized carbons (Fsp3) is 0.267. The van der Waals surface area contributed by atoms with E-state index in [0.717, 1.165) is 5.69 Å². The summed E-state index contributed by atoms with van der Waals surface area (Å²) in [5.74, 6) is -0.265. The van der Waals surface area contributed by atoms with Crippen molar-refractivity contribution in [2.24, 2.45) is 0 Å². The molecule has 0 aliphatic carbocycles. The number of aromatic amines is 1. The Kier molecular flexibility index (Phi) is 4.30. The maximum Gasteiger partial charge on any atom is 0.271 e. The van der Waals surface area contributed by atoms with Crippen LogP contribution in [0.2, 0.25) is 0 Å². The average Bonchev–Trinajstić information content (AvgIpc) is 2.86. The van der Waals surface area contributed by atoms with Gasteiger partial charge in [-0.05, 0) is 19.9 Å². The number of carbonyl (C=O) groups is 2. The smallest absolute Gasteiger partial charge is 0.271 e. The van der Waals surface area contributed by atoms with Gasteiger partial charge in [0.1, 0.15) is 5.69 Å². The molecule has 5 nitrogen and oxygen atoms in total. The number of aryl methyl sites for hydroxylation is 1. The SMILES string of the molecule is Cc1cc(C(=O)NC(C)CC(=O)c2ccccc2)n[nH]1. The number of nitrogens with zero attached hydrogens (tertiary/aromatic N) is 1. The Morgan fingerprint density at radius 2 is 2.00 bits per heavy atom. The van der Waals surface area contributed by atoms with E-state index >= 15 is 0 Å². The molecule has 0 bridgehead atoms. The van der Waals surface area contributed by atoms with Crippen LogP contribution in [0.4, 0.5) is 0 Å². The van der Waals surface area contributed by atoms with Crippen LogP contribution in [0, 0.1) is 6.92 Å². The number of nitrogens with one attached hydrogen (secondary N) is 2. The van der Waals surface area contributed by atoms with Gasteiger partial charge in [0.15, 0.2) is 5.78 Å². The van der Waals surface area contributed by atoms with Gasteiger partial charge in [0, 0.05) is 23.7 Å². The molecule has 0 fully saturated rings. The number of Topliss-reactive ketones (excluding diaryl/α,β-unsaturated/α-hetero) is 1. The molecule has 1 aromatic carbocycles. The van der Waals surface area contributed by atoms with Gasteiger partial charge in [-0.25, -0.2) is 0 Å². The number of ketones is 1. The van der Waals surface area contributed by atoms with Crippen molar-refractivity contribution in [1.29, 1.82) is 0 Å². The minimum atomic E-state index is -0.275. The van der Waals surface area contributed by atoms with Gasteiger partial charge in [-0.1, -0.05) is 30.3 Å². The number of carbonyl (C=O) groups excluding carboxylic acids is 2. The molecule has 104 valence electrons. The molecule has 1 unspecified atom stereocenters. The lowest BCUT2D eigenvalue weighted by molar-refractivity contribution is 0.0914. The number of rotatable bonds is 5. The summed E-state index contributed by atoms with van der Waals surface area (Å²) in [5.41, 5.74) is 1.81. The third-order valence-corrected chi connectivity index (χ3v) is 2.90. The highest BCUT2D eigenvalue weighted by Gasteiger charge is 2.15. The Hall–Kier alpha value is -2.43. The molecule has 2 rings (SSSR count). The minimum absolute atomic E-state index is 0.0107. The van der Waals surface area contributed by atoms with Gasteiger partial charge < -0.3 is 5.32 Å². The molecule has 0 aliphatic heterocycles. The number of benzene rings is 1. The third-order valence-electron chi connectivity index (χ3n) is 2.90. The Morgan fingerprint density at radius 3 is 2.60 bits per heavy atom. The van der Waals surface area contributed by atoms with Crippen LogP contribution in [0.1, 0.15) is 39.9 Å². The van der Waals surface area contributed by atoms with Crippen LogP contribution in [-0.4, -0.2) is 27.9 Å². The topological polar surface area (TPSA) is 74.8 Å². The fourth-order valence-corrected chi connectivity index (χ4v) is 1.90. The van der Waals surface area contributed by atoms with E-state index in [9.17, 15) is 9.59 Å². The van der Waals surface area contributed by atoms with E-state index in [1.54, 1.807) is 25.1 Å². The number of hydrogen-bond acceptors (Lipinski definition) is 3. The zero-order valence-electron chi connectivity index (χ0n) is 11.5. The first-order valence-corrected chi connectivity index (χ1v) is 6.47. The van der Waals surface area contributed by atoms with Gasteiger partial charge in [0.25, 0.3) is 5.91 Å². The first-order valence-electron chi connectivity index (χ1n) is 6.47. The number of amides is 1. The summed E-state index contributed by atoms with van der Waals surface area (Å²) in [6.07, 6.45) is 0.263. The van der Waals surface area contributed by atoms with Crippen LogP contribution in [0.25, 0.3) is 0 Å². The van der Waals surface area contributed by atoms with E-state index < -0.39 is 0 Å². The lowest BCUT2D eigenvalue weighted by Gasteiger charge is -2.12. The predicted octanol–water partition coefficient (Wildman–Crippen LogP) is 2.11. The summed E-state index contributed by atoms with van der Waals surface area (Å²) in [6, 6.07) is 10.5. The molecule has 1 heterocycles. The van der Waals surface area contributed by atoms with Crippen molar-refractivity contribution < 1.29 is 9.59 Å².